The molecule has 22 heavy (non-hydrogen) atoms. The third-order valence-corrected chi connectivity index (χ3v) is 3.71. The van der Waals surface area contributed by atoms with Crippen LogP contribution in [0.25, 0.3) is 0 Å². The van der Waals surface area contributed by atoms with E-state index >= 15 is 0 Å². The van der Waals surface area contributed by atoms with E-state index in [4.69, 9.17) is 5.73 Å². The number of rotatable bonds is 5. The Kier molecular flexibility index (Phi) is 4.84. The van der Waals surface area contributed by atoms with E-state index in [0.29, 0.717) is 27.7 Å². The molecule has 0 aliphatic carbocycles. The van der Waals surface area contributed by atoms with Crippen LogP contribution in [0.3, 0.4) is 0 Å². The van der Waals surface area contributed by atoms with Crippen molar-refractivity contribution in [1.82, 2.24) is 10.4 Å². The molecule has 0 saturated heterocycles. The first-order chi connectivity index (χ1) is 10.5. The largest absolute Gasteiger partial charge is 0.545 e. The van der Waals surface area contributed by atoms with Crippen LogP contribution in [-0.4, -0.2) is 23.1 Å². The molecule has 2 rings (SSSR count). The lowest BCUT2D eigenvalue weighted by molar-refractivity contribution is -0.255. The number of amides is 1. The predicted octanol–water partition coefficient (Wildman–Crippen LogP) is 0.415. The van der Waals surface area contributed by atoms with Crippen LogP contribution in [0.1, 0.15) is 38.2 Å². The summed E-state index contributed by atoms with van der Waals surface area (Å²) in [5.74, 6) is -1.62. The minimum absolute atomic E-state index is 0.0777. The van der Waals surface area contributed by atoms with E-state index < -0.39 is 5.97 Å². The number of carbonyl (C=O) groups is 2. The van der Waals surface area contributed by atoms with Crippen LogP contribution in [-0.2, 0) is 6.42 Å². The van der Waals surface area contributed by atoms with Crippen LogP contribution >= 0.6 is 11.3 Å². The van der Waals surface area contributed by atoms with Crippen LogP contribution in [0, 0.1) is 0 Å². The number of hydrogen-bond acceptors (Lipinski definition) is 7. The average Bonchev–Trinajstić information content (AvgIpc) is 2.89. The Balaban J connectivity index is 2.02. The molecule has 0 aliphatic heterocycles. The maximum absolute atomic E-state index is 12.0. The zero-order valence-corrected chi connectivity index (χ0v) is 12.5. The molecule has 0 aliphatic rings. The van der Waals surface area contributed by atoms with Crippen molar-refractivity contribution in [3.05, 3.63) is 46.0 Å². The minimum Gasteiger partial charge on any atom is -0.545 e. The number of nitrogens with zero attached hydrogens (tertiary/aromatic N) is 2. The van der Waals surface area contributed by atoms with Crippen LogP contribution in [0.4, 0.5) is 5.13 Å². The molecule has 3 N–H and O–H groups in total. The first kappa shape index (κ1) is 15.6. The molecule has 0 fully saturated rings. The summed E-state index contributed by atoms with van der Waals surface area (Å²) in [6.07, 6.45) is 2.01. The van der Waals surface area contributed by atoms with Crippen molar-refractivity contribution >= 4 is 34.6 Å². The highest BCUT2D eigenvalue weighted by atomic mass is 32.1. The SMILES string of the molecule is CCc1nc(N)sc1C(=O)N/N=C\c1ccc(C(=O)[O-])cc1. The summed E-state index contributed by atoms with van der Waals surface area (Å²) in [5, 5.41) is 14.8. The number of hydrogen-bond donors (Lipinski definition) is 2. The summed E-state index contributed by atoms with van der Waals surface area (Å²) >= 11 is 1.11. The molecule has 0 atom stereocenters. The summed E-state index contributed by atoms with van der Waals surface area (Å²) in [7, 11) is 0. The summed E-state index contributed by atoms with van der Waals surface area (Å²) in [5.41, 5.74) is 9.33. The maximum atomic E-state index is 12.0. The first-order valence-electron chi connectivity index (χ1n) is 6.41. The van der Waals surface area contributed by atoms with Gasteiger partial charge < -0.3 is 15.6 Å². The number of carboxylic acid groups (broad SMARTS) is 1. The van der Waals surface area contributed by atoms with Crippen LogP contribution in [0.2, 0.25) is 0 Å². The van der Waals surface area contributed by atoms with E-state index in [1.54, 1.807) is 12.1 Å². The van der Waals surface area contributed by atoms with Crippen molar-refractivity contribution in [2.45, 2.75) is 13.3 Å². The number of carbonyl (C=O) groups excluding carboxylic acids is 2. The normalized spacial score (nSPS) is 10.8. The number of benzene rings is 1. The van der Waals surface area contributed by atoms with Gasteiger partial charge >= 0.3 is 0 Å². The van der Waals surface area contributed by atoms with Crippen molar-refractivity contribution in [2.75, 3.05) is 5.73 Å². The van der Waals surface area contributed by atoms with Gasteiger partial charge in [-0.05, 0) is 17.5 Å². The Morgan fingerprint density at radius 1 is 1.41 bits per heavy atom. The van der Waals surface area contributed by atoms with Gasteiger partial charge in [-0.2, -0.15) is 5.10 Å². The number of nitrogen functional groups attached to an aromatic ring is 1. The van der Waals surface area contributed by atoms with E-state index in [1.165, 1.54) is 18.3 Å². The monoisotopic (exact) mass is 317 g/mol. The highest BCUT2D eigenvalue weighted by Gasteiger charge is 2.15. The summed E-state index contributed by atoms with van der Waals surface area (Å²) in [6, 6.07) is 5.92. The molecule has 0 unspecified atom stereocenters. The third-order valence-electron chi connectivity index (χ3n) is 2.78. The Hall–Kier alpha value is -2.74. The van der Waals surface area contributed by atoms with E-state index in [-0.39, 0.29) is 11.5 Å². The van der Waals surface area contributed by atoms with Gasteiger partial charge in [0.25, 0.3) is 5.91 Å². The topological polar surface area (TPSA) is 120 Å². The number of aromatic nitrogens is 1. The molecule has 2 aromatic rings. The number of aryl methyl sites for hydroxylation is 1. The molecule has 114 valence electrons. The van der Waals surface area contributed by atoms with E-state index in [0.717, 1.165) is 11.3 Å². The molecule has 1 aromatic heterocycles. The number of thiazole rings is 1. The first-order valence-corrected chi connectivity index (χ1v) is 7.23. The molecular weight excluding hydrogens is 304 g/mol. The summed E-state index contributed by atoms with van der Waals surface area (Å²) < 4.78 is 0. The van der Waals surface area contributed by atoms with Crippen molar-refractivity contribution in [3.8, 4) is 0 Å². The molecule has 8 heteroatoms. The third kappa shape index (κ3) is 3.67. The van der Waals surface area contributed by atoms with Gasteiger partial charge in [-0.1, -0.05) is 42.5 Å². The molecule has 0 radical (unpaired) electrons. The maximum Gasteiger partial charge on any atom is 0.283 e. The average molecular weight is 317 g/mol. The lowest BCUT2D eigenvalue weighted by Crippen LogP contribution is -2.22. The van der Waals surface area contributed by atoms with E-state index in [1.807, 2.05) is 6.92 Å². The van der Waals surface area contributed by atoms with Crippen molar-refractivity contribution in [1.29, 1.82) is 0 Å². The van der Waals surface area contributed by atoms with Gasteiger partial charge in [0.2, 0.25) is 0 Å². The van der Waals surface area contributed by atoms with Crippen LogP contribution in [0.5, 0.6) is 0 Å². The van der Waals surface area contributed by atoms with Gasteiger partial charge in [-0.3, -0.25) is 4.79 Å². The number of nitrogens with two attached hydrogens (primary N) is 1. The highest BCUT2D eigenvalue weighted by Crippen LogP contribution is 2.20. The minimum atomic E-state index is -1.24. The lowest BCUT2D eigenvalue weighted by Gasteiger charge is -2.01. The summed E-state index contributed by atoms with van der Waals surface area (Å²) in [4.78, 5) is 27.1. The highest BCUT2D eigenvalue weighted by molar-refractivity contribution is 7.17. The number of anilines is 1. The van der Waals surface area contributed by atoms with Crippen molar-refractivity contribution < 1.29 is 14.7 Å². The fourth-order valence-electron chi connectivity index (χ4n) is 1.71. The second-order valence-corrected chi connectivity index (χ2v) is 5.32. The molecule has 1 heterocycles. The predicted molar refractivity (Wildman–Crippen MR) is 81.7 cm³/mol. The van der Waals surface area contributed by atoms with Crippen molar-refractivity contribution in [3.63, 3.8) is 0 Å². The fraction of sp³-hybridized carbons (Fsp3) is 0.143. The zero-order chi connectivity index (χ0) is 16.1. The standard InChI is InChI=1S/C14H14N4O3S/c1-2-10-11(22-14(15)17-10)12(19)18-16-7-8-3-5-9(6-4-8)13(20)21/h3-7H,2H2,1H3,(H2,15,17)(H,18,19)(H,20,21)/p-1/b16-7-. The molecule has 7 nitrogen and oxygen atoms in total. The molecule has 1 amide bonds. The molecule has 0 spiro atoms. The van der Waals surface area contributed by atoms with Gasteiger partial charge in [0.05, 0.1) is 17.9 Å². The smallest absolute Gasteiger partial charge is 0.283 e. The molecule has 0 saturated carbocycles. The van der Waals surface area contributed by atoms with Gasteiger partial charge in [0, 0.05) is 0 Å². The molecular formula is C14H13N4O3S-. The second kappa shape index (κ2) is 6.81. The number of nitrogens with one attached hydrogen (secondary N) is 1. The van der Waals surface area contributed by atoms with Gasteiger partial charge in [-0.25, -0.2) is 10.4 Å². The van der Waals surface area contributed by atoms with E-state index in [2.05, 4.69) is 15.5 Å². The Bertz CT molecular complexity index is 722. The number of hydrazone groups is 1. The van der Waals surface area contributed by atoms with Gasteiger partial charge in [0.1, 0.15) is 4.88 Å². The zero-order valence-electron chi connectivity index (χ0n) is 11.7. The number of carboxylic acids is 1. The molecule has 1 aromatic carbocycles. The van der Waals surface area contributed by atoms with E-state index in [9.17, 15) is 14.7 Å². The van der Waals surface area contributed by atoms with Crippen LogP contribution in [0.15, 0.2) is 29.4 Å². The van der Waals surface area contributed by atoms with Crippen LogP contribution < -0.4 is 16.3 Å². The van der Waals surface area contributed by atoms with Crippen molar-refractivity contribution in [2.24, 2.45) is 5.10 Å². The van der Waals surface area contributed by atoms with Gasteiger partial charge in [-0.15, -0.1) is 0 Å². The Labute approximate surface area is 130 Å². The fourth-order valence-corrected chi connectivity index (χ4v) is 2.52. The number of aromatic carboxylic acids is 1. The molecule has 0 bridgehead atoms. The lowest BCUT2D eigenvalue weighted by atomic mass is 10.1. The second-order valence-electron chi connectivity index (χ2n) is 4.29. The Morgan fingerprint density at radius 2 is 2.09 bits per heavy atom. The summed E-state index contributed by atoms with van der Waals surface area (Å²) in [6.45, 7) is 1.88. The van der Waals surface area contributed by atoms with Gasteiger partial charge in [0.15, 0.2) is 5.13 Å². The Morgan fingerprint density at radius 3 is 2.68 bits per heavy atom. The quantitative estimate of drug-likeness (QED) is 0.611.